The minimum atomic E-state index is -0.650. The number of nitrogens with one attached hydrogen (secondary N) is 1. The molecule has 0 spiro atoms. The standard InChI is InChI=1S/C23H23ClN4O3/c1-14-16(24)7-4-9-17(14)25-21(29)12-20-22(30)27(13-15-6-5-11-31-15)23-26-18-8-2-3-10-19(18)28(20)23/h2-4,7-10,15,20H,5-6,11-13H2,1H3,(H,25,29). The van der Waals surface area contributed by atoms with Gasteiger partial charge in [0.2, 0.25) is 11.9 Å². The molecule has 2 amide bonds. The first kappa shape index (κ1) is 20.0. The van der Waals surface area contributed by atoms with Crippen LogP contribution in [0.5, 0.6) is 0 Å². The predicted octanol–water partition coefficient (Wildman–Crippen LogP) is 4.09. The Kier molecular flexibility index (Phi) is 5.16. The van der Waals surface area contributed by atoms with Crippen LogP contribution in [0.15, 0.2) is 42.5 Å². The third kappa shape index (κ3) is 3.58. The molecule has 1 N–H and O–H groups in total. The summed E-state index contributed by atoms with van der Waals surface area (Å²) in [5, 5.41) is 3.49. The lowest BCUT2D eigenvalue weighted by Crippen LogP contribution is -2.37. The summed E-state index contributed by atoms with van der Waals surface area (Å²) in [6.45, 7) is 3.02. The fourth-order valence-corrected chi connectivity index (χ4v) is 4.55. The lowest BCUT2D eigenvalue weighted by Gasteiger charge is -2.19. The van der Waals surface area contributed by atoms with Crippen molar-refractivity contribution in [1.29, 1.82) is 0 Å². The van der Waals surface area contributed by atoms with Gasteiger partial charge in [-0.15, -0.1) is 0 Å². The highest BCUT2D eigenvalue weighted by molar-refractivity contribution is 6.31. The van der Waals surface area contributed by atoms with Gasteiger partial charge in [0.1, 0.15) is 6.04 Å². The maximum Gasteiger partial charge on any atom is 0.253 e. The summed E-state index contributed by atoms with van der Waals surface area (Å²) >= 11 is 6.17. The van der Waals surface area contributed by atoms with E-state index in [1.54, 1.807) is 23.1 Å². The van der Waals surface area contributed by atoms with E-state index in [0.29, 0.717) is 29.8 Å². The van der Waals surface area contributed by atoms with E-state index in [4.69, 9.17) is 21.3 Å². The zero-order chi connectivity index (χ0) is 21.5. The molecule has 1 saturated heterocycles. The van der Waals surface area contributed by atoms with Gasteiger partial charge in [-0.3, -0.25) is 19.1 Å². The number of carbonyl (C=O) groups is 2. The molecule has 0 radical (unpaired) electrons. The molecular formula is C23H23ClN4O3. The summed E-state index contributed by atoms with van der Waals surface area (Å²) in [7, 11) is 0. The molecule has 2 aliphatic heterocycles. The highest BCUT2D eigenvalue weighted by atomic mass is 35.5. The van der Waals surface area contributed by atoms with Crippen molar-refractivity contribution in [2.45, 2.75) is 38.3 Å². The number of benzene rings is 2. The molecule has 7 nitrogen and oxygen atoms in total. The molecule has 2 aromatic carbocycles. The summed E-state index contributed by atoms with van der Waals surface area (Å²) in [6, 6.07) is 12.4. The van der Waals surface area contributed by atoms with E-state index >= 15 is 0 Å². The number of rotatable bonds is 5. The van der Waals surface area contributed by atoms with Gasteiger partial charge >= 0.3 is 0 Å². The Morgan fingerprint density at radius 2 is 2.10 bits per heavy atom. The van der Waals surface area contributed by atoms with Crippen molar-refractivity contribution in [3.05, 3.63) is 53.1 Å². The number of fused-ring (bicyclic) bond motifs is 3. The lowest BCUT2D eigenvalue weighted by atomic mass is 10.1. The molecule has 5 rings (SSSR count). The number of hydrogen-bond acceptors (Lipinski definition) is 4. The second-order valence-corrected chi connectivity index (χ2v) is 8.44. The van der Waals surface area contributed by atoms with E-state index in [-0.39, 0.29) is 24.3 Å². The largest absolute Gasteiger partial charge is 0.376 e. The van der Waals surface area contributed by atoms with Gasteiger partial charge in [-0.05, 0) is 49.6 Å². The number of amides is 2. The fourth-order valence-electron chi connectivity index (χ4n) is 4.38. The molecule has 3 aromatic rings. The molecule has 8 heteroatoms. The van der Waals surface area contributed by atoms with Crippen LogP contribution >= 0.6 is 11.6 Å². The van der Waals surface area contributed by atoms with Crippen LogP contribution in [0.25, 0.3) is 11.0 Å². The zero-order valence-corrected chi connectivity index (χ0v) is 17.9. The Morgan fingerprint density at radius 3 is 2.90 bits per heavy atom. The molecule has 31 heavy (non-hydrogen) atoms. The first-order valence-corrected chi connectivity index (χ1v) is 10.9. The van der Waals surface area contributed by atoms with Crippen LogP contribution in [0.3, 0.4) is 0 Å². The van der Waals surface area contributed by atoms with Crippen LogP contribution in [0.1, 0.15) is 30.9 Å². The Hall–Kier alpha value is -2.90. The third-order valence-electron chi connectivity index (χ3n) is 6.01. The maximum atomic E-state index is 13.4. The van der Waals surface area contributed by atoms with Gasteiger partial charge in [0.05, 0.1) is 30.1 Å². The van der Waals surface area contributed by atoms with Gasteiger partial charge in [0.15, 0.2) is 0 Å². The van der Waals surface area contributed by atoms with Crippen molar-refractivity contribution in [3.8, 4) is 0 Å². The molecular weight excluding hydrogens is 416 g/mol. The predicted molar refractivity (Wildman–Crippen MR) is 120 cm³/mol. The average Bonchev–Trinajstić information content (AvgIpc) is 3.45. The van der Waals surface area contributed by atoms with Gasteiger partial charge in [-0.1, -0.05) is 29.8 Å². The molecule has 0 aliphatic carbocycles. The molecule has 1 fully saturated rings. The van der Waals surface area contributed by atoms with E-state index < -0.39 is 6.04 Å². The van der Waals surface area contributed by atoms with Crippen molar-refractivity contribution in [1.82, 2.24) is 9.55 Å². The highest BCUT2D eigenvalue weighted by Gasteiger charge is 2.42. The van der Waals surface area contributed by atoms with Crippen LogP contribution in [-0.4, -0.2) is 40.6 Å². The molecule has 0 saturated carbocycles. The number of anilines is 2. The number of imidazole rings is 1. The average molecular weight is 439 g/mol. The minimum Gasteiger partial charge on any atom is -0.376 e. The van der Waals surface area contributed by atoms with Crippen molar-refractivity contribution < 1.29 is 14.3 Å². The van der Waals surface area contributed by atoms with Crippen LogP contribution < -0.4 is 10.2 Å². The number of carbonyl (C=O) groups excluding carboxylic acids is 2. The van der Waals surface area contributed by atoms with Crippen LogP contribution in [0, 0.1) is 6.92 Å². The Labute approximate surface area is 184 Å². The van der Waals surface area contributed by atoms with Crippen LogP contribution in [-0.2, 0) is 14.3 Å². The smallest absolute Gasteiger partial charge is 0.253 e. The summed E-state index contributed by atoms with van der Waals surface area (Å²) in [4.78, 5) is 32.7. The maximum absolute atomic E-state index is 13.4. The van der Waals surface area contributed by atoms with Crippen molar-refractivity contribution in [2.75, 3.05) is 23.4 Å². The number of hydrogen-bond donors (Lipinski definition) is 1. The van der Waals surface area contributed by atoms with Gasteiger partial charge in [-0.2, -0.15) is 0 Å². The highest BCUT2D eigenvalue weighted by Crippen LogP contribution is 2.37. The summed E-state index contributed by atoms with van der Waals surface area (Å²) in [6.07, 6.45) is 1.93. The number of aromatic nitrogens is 2. The quantitative estimate of drug-likeness (QED) is 0.650. The van der Waals surface area contributed by atoms with E-state index in [1.165, 1.54) is 0 Å². The molecule has 2 aliphatic rings. The molecule has 2 atom stereocenters. The second-order valence-electron chi connectivity index (χ2n) is 8.03. The first-order valence-electron chi connectivity index (χ1n) is 10.5. The van der Waals surface area contributed by atoms with Gasteiger partial charge in [0.25, 0.3) is 5.91 Å². The van der Waals surface area contributed by atoms with Crippen molar-refractivity contribution in [3.63, 3.8) is 0 Å². The lowest BCUT2D eigenvalue weighted by molar-refractivity contribution is -0.124. The topological polar surface area (TPSA) is 76.5 Å². The normalized spacial score (nSPS) is 20.5. The van der Waals surface area contributed by atoms with Gasteiger partial charge in [-0.25, -0.2) is 4.98 Å². The Morgan fingerprint density at radius 1 is 1.26 bits per heavy atom. The Balaban J connectivity index is 1.44. The van der Waals surface area contributed by atoms with Gasteiger partial charge < -0.3 is 10.1 Å². The molecule has 160 valence electrons. The summed E-state index contributed by atoms with van der Waals surface area (Å²) < 4.78 is 7.64. The molecule has 0 bridgehead atoms. The van der Waals surface area contributed by atoms with Crippen LogP contribution in [0.2, 0.25) is 5.02 Å². The summed E-state index contributed by atoms with van der Waals surface area (Å²) in [5.74, 6) is 0.214. The SMILES string of the molecule is Cc1c(Cl)cccc1NC(=O)CC1C(=O)N(CC2CCCO2)c2nc3ccccc3n21. The van der Waals surface area contributed by atoms with E-state index in [9.17, 15) is 9.59 Å². The third-order valence-corrected chi connectivity index (χ3v) is 6.42. The van der Waals surface area contributed by atoms with E-state index in [0.717, 1.165) is 29.4 Å². The number of nitrogens with zero attached hydrogens (tertiary/aromatic N) is 3. The van der Waals surface area contributed by atoms with Crippen molar-refractivity contribution in [2.24, 2.45) is 0 Å². The van der Waals surface area contributed by atoms with E-state index in [2.05, 4.69) is 5.32 Å². The number of ether oxygens (including phenoxy) is 1. The number of para-hydroxylation sites is 2. The fraction of sp³-hybridized carbons (Fsp3) is 0.348. The first-order chi connectivity index (χ1) is 15.0. The minimum absolute atomic E-state index is 0.00102. The van der Waals surface area contributed by atoms with Gasteiger partial charge in [0, 0.05) is 17.3 Å². The van der Waals surface area contributed by atoms with Crippen molar-refractivity contribution >= 4 is 46.1 Å². The molecule has 2 unspecified atom stereocenters. The molecule has 1 aromatic heterocycles. The number of halogens is 1. The van der Waals surface area contributed by atoms with E-state index in [1.807, 2.05) is 35.8 Å². The zero-order valence-electron chi connectivity index (χ0n) is 17.2. The monoisotopic (exact) mass is 438 g/mol. The van der Waals surface area contributed by atoms with Crippen LogP contribution in [0.4, 0.5) is 11.6 Å². The Bertz CT molecular complexity index is 1170. The summed E-state index contributed by atoms with van der Waals surface area (Å²) in [5.41, 5.74) is 3.09. The molecule has 3 heterocycles. The second kappa shape index (κ2) is 7.98.